The number of hydrogen-bond acceptors (Lipinski definition) is 6. The largest absolute Gasteiger partial charge is 0.388 e. The lowest BCUT2D eigenvalue weighted by Crippen LogP contribution is -2.46. The molecule has 1 atom stereocenters. The van der Waals surface area contributed by atoms with Crippen LogP contribution in [0.1, 0.15) is 43.2 Å². The van der Waals surface area contributed by atoms with E-state index in [1.807, 2.05) is 30.8 Å². The first-order valence-electron chi connectivity index (χ1n) is 9.42. The molecule has 0 bridgehead atoms. The quantitative estimate of drug-likeness (QED) is 0.900. The standard InChI is InChI=1S/C19H27N5O2/c1-14-12-15(18-20-7-9-23(18)2)22-17(21-14)16-4-3-8-24(16)13-19(25)5-10-26-11-6-19/h7,9,12,16,25H,3-6,8,10-11,13H2,1-2H3/t16-/m0/s1. The van der Waals surface area contributed by atoms with E-state index in [2.05, 4.69) is 9.88 Å². The molecule has 2 saturated heterocycles. The molecule has 0 radical (unpaired) electrons. The van der Waals surface area contributed by atoms with Gasteiger partial charge in [-0.2, -0.15) is 0 Å². The average molecular weight is 357 g/mol. The Bertz CT molecular complexity index is 769. The summed E-state index contributed by atoms with van der Waals surface area (Å²) in [7, 11) is 1.97. The van der Waals surface area contributed by atoms with E-state index in [1.165, 1.54) is 0 Å². The molecule has 7 nitrogen and oxygen atoms in total. The van der Waals surface area contributed by atoms with Gasteiger partial charge < -0.3 is 14.4 Å². The van der Waals surface area contributed by atoms with Crippen molar-refractivity contribution in [3.63, 3.8) is 0 Å². The van der Waals surface area contributed by atoms with Crippen LogP contribution in [0.2, 0.25) is 0 Å². The van der Waals surface area contributed by atoms with Gasteiger partial charge in [-0.1, -0.05) is 0 Å². The van der Waals surface area contributed by atoms with Crippen molar-refractivity contribution in [2.75, 3.05) is 26.3 Å². The van der Waals surface area contributed by atoms with Gasteiger partial charge in [0.05, 0.1) is 11.6 Å². The molecule has 140 valence electrons. The summed E-state index contributed by atoms with van der Waals surface area (Å²) in [5, 5.41) is 10.9. The van der Waals surface area contributed by atoms with Gasteiger partial charge in [0.2, 0.25) is 0 Å². The highest BCUT2D eigenvalue weighted by Crippen LogP contribution is 2.34. The highest BCUT2D eigenvalue weighted by molar-refractivity contribution is 5.50. The maximum absolute atomic E-state index is 10.9. The molecule has 2 aliphatic heterocycles. The van der Waals surface area contributed by atoms with Crippen molar-refractivity contribution in [3.8, 4) is 11.5 Å². The second-order valence-electron chi connectivity index (χ2n) is 7.58. The zero-order valence-corrected chi connectivity index (χ0v) is 15.6. The van der Waals surface area contributed by atoms with Crippen LogP contribution in [0.3, 0.4) is 0 Å². The molecule has 0 amide bonds. The van der Waals surface area contributed by atoms with Gasteiger partial charge in [0, 0.05) is 57.7 Å². The summed E-state index contributed by atoms with van der Waals surface area (Å²) in [5.41, 5.74) is 1.15. The van der Waals surface area contributed by atoms with Gasteiger partial charge in [0.1, 0.15) is 11.5 Å². The Labute approximate surface area is 154 Å². The van der Waals surface area contributed by atoms with E-state index in [4.69, 9.17) is 14.7 Å². The molecular formula is C19H27N5O2. The molecule has 0 aromatic carbocycles. The molecule has 0 spiro atoms. The van der Waals surface area contributed by atoms with E-state index in [0.717, 1.165) is 42.4 Å². The fraction of sp³-hybridized carbons (Fsp3) is 0.632. The van der Waals surface area contributed by atoms with Crippen molar-refractivity contribution >= 4 is 0 Å². The first-order chi connectivity index (χ1) is 12.5. The molecule has 7 heteroatoms. The predicted octanol–water partition coefficient (Wildman–Crippen LogP) is 1.86. The Morgan fingerprint density at radius 2 is 2.12 bits per heavy atom. The number of hydrogen-bond donors (Lipinski definition) is 1. The Morgan fingerprint density at radius 1 is 1.31 bits per heavy atom. The van der Waals surface area contributed by atoms with Crippen molar-refractivity contribution in [2.45, 2.75) is 44.2 Å². The zero-order valence-electron chi connectivity index (χ0n) is 15.6. The number of ether oxygens (including phenoxy) is 1. The van der Waals surface area contributed by atoms with Crippen LogP contribution < -0.4 is 0 Å². The first kappa shape index (κ1) is 17.6. The minimum atomic E-state index is -0.660. The number of β-amino-alcohol motifs (C(OH)–C–C–N with tert-alkyl or cyclic N) is 1. The van der Waals surface area contributed by atoms with E-state index in [9.17, 15) is 5.11 Å². The van der Waals surface area contributed by atoms with Crippen LogP contribution >= 0.6 is 0 Å². The third kappa shape index (κ3) is 3.51. The number of aliphatic hydroxyl groups is 1. The predicted molar refractivity (Wildman–Crippen MR) is 97.5 cm³/mol. The van der Waals surface area contributed by atoms with Crippen LogP contribution in [0.25, 0.3) is 11.5 Å². The minimum absolute atomic E-state index is 0.154. The lowest BCUT2D eigenvalue weighted by molar-refractivity contribution is -0.0819. The van der Waals surface area contributed by atoms with Crippen LogP contribution in [0, 0.1) is 6.92 Å². The van der Waals surface area contributed by atoms with Crippen molar-refractivity contribution in [3.05, 3.63) is 30.0 Å². The van der Waals surface area contributed by atoms with Crippen LogP contribution in [-0.4, -0.2) is 61.4 Å². The topological polar surface area (TPSA) is 76.3 Å². The van der Waals surface area contributed by atoms with Gasteiger partial charge in [-0.05, 0) is 32.4 Å². The summed E-state index contributed by atoms with van der Waals surface area (Å²) in [6.07, 6.45) is 7.24. The highest BCUT2D eigenvalue weighted by Gasteiger charge is 2.37. The van der Waals surface area contributed by atoms with Crippen molar-refractivity contribution < 1.29 is 9.84 Å². The van der Waals surface area contributed by atoms with Crippen LogP contribution in [0.4, 0.5) is 0 Å². The van der Waals surface area contributed by atoms with Gasteiger partial charge in [0.25, 0.3) is 0 Å². The molecular weight excluding hydrogens is 330 g/mol. The number of likely N-dealkylation sites (tertiary alicyclic amines) is 1. The Morgan fingerprint density at radius 3 is 2.85 bits per heavy atom. The second-order valence-corrected chi connectivity index (χ2v) is 7.58. The molecule has 0 saturated carbocycles. The molecule has 4 rings (SSSR count). The van der Waals surface area contributed by atoms with Gasteiger partial charge in [-0.3, -0.25) is 4.90 Å². The number of nitrogens with zero attached hydrogens (tertiary/aromatic N) is 5. The molecule has 0 aliphatic carbocycles. The summed E-state index contributed by atoms with van der Waals surface area (Å²) in [6, 6.07) is 2.14. The highest BCUT2D eigenvalue weighted by atomic mass is 16.5. The maximum atomic E-state index is 10.9. The third-order valence-corrected chi connectivity index (χ3v) is 5.50. The molecule has 4 heterocycles. The minimum Gasteiger partial charge on any atom is -0.388 e. The normalized spacial score (nSPS) is 23.4. The van der Waals surface area contributed by atoms with E-state index in [1.54, 1.807) is 6.20 Å². The Balaban J connectivity index is 1.59. The number of rotatable bonds is 4. The lowest BCUT2D eigenvalue weighted by atomic mass is 9.93. The van der Waals surface area contributed by atoms with Crippen molar-refractivity contribution in [2.24, 2.45) is 7.05 Å². The van der Waals surface area contributed by atoms with Crippen molar-refractivity contribution in [1.82, 2.24) is 24.4 Å². The van der Waals surface area contributed by atoms with Gasteiger partial charge in [-0.15, -0.1) is 0 Å². The fourth-order valence-electron chi connectivity index (χ4n) is 4.06. The molecule has 0 unspecified atom stereocenters. The van der Waals surface area contributed by atoms with Crippen LogP contribution in [0.5, 0.6) is 0 Å². The summed E-state index contributed by atoms with van der Waals surface area (Å²) in [4.78, 5) is 16.3. The van der Waals surface area contributed by atoms with Crippen molar-refractivity contribution in [1.29, 1.82) is 0 Å². The van der Waals surface area contributed by atoms with Gasteiger partial charge >= 0.3 is 0 Å². The smallest absolute Gasteiger partial charge is 0.158 e. The molecule has 2 aromatic heterocycles. The molecule has 2 fully saturated rings. The number of aryl methyl sites for hydroxylation is 2. The molecule has 2 aromatic rings. The maximum Gasteiger partial charge on any atom is 0.158 e. The van der Waals surface area contributed by atoms with Crippen LogP contribution in [-0.2, 0) is 11.8 Å². The molecule has 1 N–H and O–H groups in total. The van der Waals surface area contributed by atoms with E-state index in [0.29, 0.717) is 32.6 Å². The lowest BCUT2D eigenvalue weighted by Gasteiger charge is -2.37. The number of imidazole rings is 1. The first-order valence-corrected chi connectivity index (χ1v) is 9.42. The Hall–Kier alpha value is -1.83. The van der Waals surface area contributed by atoms with Crippen LogP contribution in [0.15, 0.2) is 18.5 Å². The van der Waals surface area contributed by atoms with E-state index >= 15 is 0 Å². The van der Waals surface area contributed by atoms with E-state index in [-0.39, 0.29) is 6.04 Å². The summed E-state index contributed by atoms with van der Waals surface area (Å²) in [5.74, 6) is 1.69. The fourth-order valence-corrected chi connectivity index (χ4v) is 4.06. The van der Waals surface area contributed by atoms with Gasteiger partial charge in [-0.25, -0.2) is 15.0 Å². The monoisotopic (exact) mass is 357 g/mol. The zero-order chi connectivity index (χ0) is 18.1. The Kier molecular flexibility index (Phi) is 4.77. The number of aromatic nitrogens is 4. The SMILES string of the molecule is Cc1cc(-c2nccn2C)nc([C@@H]2CCCN2CC2(O)CCOCC2)n1. The average Bonchev–Trinajstić information content (AvgIpc) is 3.23. The van der Waals surface area contributed by atoms with E-state index < -0.39 is 5.60 Å². The van der Waals surface area contributed by atoms with Gasteiger partial charge in [0.15, 0.2) is 5.82 Å². The third-order valence-electron chi connectivity index (χ3n) is 5.50. The molecule has 2 aliphatic rings. The second kappa shape index (κ2) is 7.06. The summed E-state index contributed by atoms with van der Waals surface area (Å²) < 4.78 is 7.39. The molecule has 26 heavy (non-hydrogen) atoms. The summed E-state index contributed by atoms with van der Waals surface area (Å²) >= 11 is 0. The summed E-state index contributed by atoms with van der Waals surface area (Å²) in [6.45, 7) is 4.92.